The van der Waals surface area contributed by atoms with Crippen molar-refractivity contribution in [2.75, 3.05) is 0 Å². The van der Waals surface area contributed by atoms with Crippen LogP contribution in [-0.2, 0) is 19.3 Å². The van der Waals surface area contributed by atoms with E-state index in [-0.39, 0.29) is 5.54 Å². The van der Waals surface area contributed by atoms with Crippen molar-refractivity contribution in [2.45, 2.75) is 31.2 Å². The first kappa shape index (κ1) is 13.0. The molecule has 3 aromatic rings. The molecule has 0 saturated heterocycles. The van der Waals surface area contributed by atoms with Crippen LogP contribution in [-0.4, -0.2) is 10.5 Å². The highest BCUT2D eigenvalue weighted by atomic mass is 32.1. The van der Waals surface area contributed by atoms with E-state index in [0.29, 0.717) is 0 Å². The summed E-state index contributed by atoms with van der Waals surface area (Å²) < 4.78 is 1.26. The maximum atomic E-state index is 6.69. The summed E-state index contributed by atoms with van der Waals surface area (Å²) in [5.74, 6) is 0. The second kappa shape index (κ2) is 4.93. The van der Waals surface area contributed by atoms with Crippen LogP contribution in [0.25, 0.3) is 10.2 Å². The van der Waals surface area contributed by atoms with Gasteiger partial charge in [0, 0.05) is 12.0 Å². The molecule has 1 aromatic heterocycles. The van der Waals surface area contributed by atoms with Crippen LogP contribution in [0.4, 0.5) is 0 Å². The predicted molar refractivity (Wildman–Crippen MR) is 88.7 cm³/mol. The minimum absolute atomic E-state index is 0.151. The first-order chi connectivity index (χ1) is 10.2. The Morgan fingerprint density at radius 1 is 1.05 bits per heavy atom. The summed E-state index contributed by atoms with van der Waals surface area (Å²) in [6.07, 6.45) is 3.96. The van der Waals surface area contributed by atoms with Crippen LogP contribution < -0.4 is 5.73 Å². The summed E-state index contributed by atoms with van der Waals surface area (Å²) in [4.78, 5) is 4.75. The lowest BCUT2D eigenvalue weighted by molar-refractivity contribution is 0.369. The van der Waals surface area contributed by atoms with Gasteiger partial charge in [-0.1, -0.05) is 36.4 Å². The molecule has 0 aliphatic heterocycles. The van der Waals surface area contributed by atoms with E-state index in [2.05, 4.69) is 42.5 Å². The third-order valence-electron chi connectivity index (χ3n) is 4.39. The third-order valence-corrected chi connectivity index (χ3v) is 5.43. The minimum Gasteiger partial charge on any atom is -0.324 e. The van der Waals surface area contributed by atoms with Gasteiger partial charge in [-0.25, -0.2) is 4.98 Å². The average molecular weight is 294 g/mol. The molecular formula is C18H18N2S. The number of para-hydroxylation sites is 1. The predicted octanol–water partition coefficient (Wildman–Crippen LogP) is 3.73. The van der Waals surface area contributed by atoms with Crippen LogP contribution >= 0.6 is 11.3 Å². The van der Waals surface area contributed by atoms with E-state index in [9.17, 15) is 0 Å². The summed E-state index contributed by atoms with van der Waals surface area (Å²) in [5.41, 5.74) is 10.5. The molecule has 0 bridgehead atoms. The number of aromatic nitrogens is 1. The van der Waals surface area contributed by atoms with Gasteiger partial charge in [-0.15, -0.1) is 11.3 Å². The van der Waals surface area contributed by atoms with E-state index in [1.807, 2.05) is 6.07 Å². The van der Waals surface area contributed by atoms with E-state index in [0.717, 1.165) is 36.2 Å². The Kier molecular flexibility index (Phi) is 3.05. The highest BCUT2D eigenvalue weighted by Gasteiger charge is 2.31. The Balaban J connectivity index is 1.62. The second-order valence-corrected chi connectivity index (χ2v) is 7.18. The molecule has 0 spiro atoms. The van der Waals surface area contributed by atoms with Crippen molar-refractivity contribution in [1.82, 2.24) is 4.98 Å². The van der Waals surface area contributed by atoms with E-state index < -0.39 is 0 Å². The summed E-state index contributed by atoms with van der Waals surface area (Å²) >= 11 is 1.78. The Hall–Kier alpha value is -1.71. The third kappa shape index (κ3) is 2.47. The highest BCUT2D eigenvalue weighted by Crippen LogP contribution is 2.32. The number of nitrogens with zero attached hydrogens (tertiary/aromatic N) is 1. The summed E-state index contributed by atoms with van der Waals surface area (Å²) in [6.45, 7) is 0. The fourth-order valence-electron chi connectivity index (χ4n) is 3.27. The molecule has 2 nitrogen and oxygen atoms in total. The summed E-state index contributed by atoms with van der Waals surface area (Å²) in [5, 5.41) is 1.16. The van der Waals surface area contributed by atoms with Gasteiger partial charge in [-0.3, -0.25) is 0 Å². The maximum absolute atomic E-state index is 6.69. The number of thiazole rings is 1. The minimum atomic E-state index is -0.151. The molecule has 1 aliphatic rings. The Bertz CT molecular complexity index is 760. The smallest absolute Gasteiger partial charge is 0.0957 e. The molecule has 4 rings (SSSR count). The van der Waals surface area contributed by atoms with Crippen molar-refractivity contribution in [3.05, 3.63) is 64.7 Å². The molecule has 21 heavy (non-hydrogen) atoms. The largest absolute Gasteiger partial charge is 0.324 e. The summed E-state index contributed by atoms with van der Waals surface area (Å²) in [6, 6.07) is 17.0. The van der Waals surface area contributed by atoms with Crippen LogP contribution in [0.1, 0.15) is 22.6 Å². The Morgan fingerprint density at radius 2 is 1.81 bits per heavy atom. The van der Waals surface area contributed by atoms with Crippen molar-refractivity contribution in [1.29, 1.82) is 0 Å². The molecule has 2 N–H and O–H groups in total. The number of rotatable bonds is 2. The van der Waals surface area contributed by atoms with Crippen LogP contribution in [0.5, 0.6) is 0 Å². The normalized spacial score (nSPS) is 21.4. The zero-order valence-electron chi connectivity index (χ0n) is 11.9. The van der Waals surface area contributed by atoms with E-state index >= 15 is 0 Å². The van der Waals surface area contributed by atoms with Gasteiger partial charge in [0.1, 0.15) is 0 Å². The number of hydrogen-bond acceptors (Lipinski definition) is 3. The Morgan fingerprint density at radius 3 is 2.67 bits per heavy atom. The van der Waals surface area contributed by atoms with E-state index in [1.165, 1.54) is 15.8 Å². The number of hydrogen-bond donors (Lipinski definition) is 1. The molecule has 0 radical (unpaired) electrons. The van der Waals surface area contributed by atoms with Crippen molar-refractivity contribution in [3.8, 4) is 0 Å². The zero-order valence-corrected chi connectivity index (χ0v) is 12.7. The van der Waals surface area contributed by atoms with Gasteiger partial charge in [0.2, 0.25) is 0 Å². The number of benzene rings is 2. The number of fused-ring (bicyclic) bond motifs is 2. The average Bonchev–Trinajstić information content (AvgIpc) is 2.88. The molecule has 1 unspecified atom stereocenters. The zero-order chi connectivity index (χ0) is 14.3. The fourth-order valence-corrected chi connectivity index (χ4v) is 4.40. The molecule has 1 atom stereocenters. The molecule has 106 valence electrons. The van der Waals surface area contributed by atoms with Gasteiger partial charge in [-0.2, -0.15) is 0 Å². The van der Waals surface area contributed by atoms with Crippen LogP contribution in [0.3, 0.4) is 0 Å². The molecule has 2 aromatic carbocycles. The van der Waals surface area contributed by atoms with Crippen LogP contribution in [0.15, 0.2) is 48.5 Å². The second-order valence-electron chi connectivity index (χ2n) is 6.06. The van der Waals surface area contributed by atoms with Crippen LogP contribution in [0.2, 0.25) is 0 Å². The standard InChI is InChI=1S/C18H18N2S/c19-18(10-9-13-5-1-2-6-14(13)11-18)12-17-20-15-7-3-4-8-16(15)21-17/h1-8H,9-12,19H2. The molecule has 3 heteroatoms. The van der Waals surface area contributed by atoms with E-state index in [4.69, 9.17) is 10.7 Å². The van der Waals surface area contributed by atoms with Crippen molar-refractivity contribution in [2.24, 2.45) is 5.73 Å². The quantitative estimate of drug-likeness (QED) is 0.782. The lowest BCUT2D eigenvalue weighted by Gasteiger charge is -2.34. The van der Waals surface area contributed by atoms with Crippen molar-refractivity contribution < 1.29 is 0 Å². The monoisotopic (exact) mass is 294 g/mol. The maximum Gasteiger partial charge on any atom is 0.0957 e. The first-order valence-electron chi connectivity index (χ1n) is 7.42. The summed E-state index contributed by atoms with van der Waals surface area (Å²) in [7, 11) is 0. The van der Waals surface area contributed by atoms with Crippen LogP contribution in [0, 0.1) is 0 Å². The molecule has 1 heterocycles. The lowest BCUT2D eigenvalue weighted by Crippen LogP contribution is -2.47. The topological polar surface area (TPSA) is 38.9 Å². The molecule has 1 aliphatic carbocycles. The van der Waals surface area contributed by atoms with E-state index in [1.54, 1.807) is 11.3 Å². The number of aryl methyl sites for hydroxylation is 1. The first-order valence-corrected chi connectivity index (χ1v) is 8.24. The molecular weight excluding hydrogens is 276 g/mol. The van der Waals surface area contributed by atoms with Gasteiger partial charge < -0.3 is 5.73 Å². The van der Waals surface area contributed by atoms with Gasteiger partial charge in [0.25, 0.3) is 0 Å². The van der Waals surface area contributed by atoms with Gasteiger partial charge in [-0.05, 0) is 42.5 Å². The lowest BCUT2D eigenvalue weighted by atomic mass is 9.77. The van der Waals surface area contributed by atoms with Crippen molar-refractivity contribution in [3.63, 3.8) is 0 Å². The SMILES string of the molecule is NC1(Cc2nc3ccccc3s2)CCc2ccccc2C1. The van der Waals surface area contributed by atoms with Gasteiger partial charge in [0.05, 0.1) is 15.2 Å². The highest BCUT2D eigenvalue weighted by molar-refractivity contribution is 7.18. The molecule has 0 saturated carbocycles. The number of nitrogens with two attached hydrogens (primary N) is 1. The Labute approximate surface area is 128 Å². The van der Waals surface area contributed by atoms with Gasteiger partial charge >= 0.3 is 0 Å². The van der Waals surface area contributed by atoms with Gasteiger partial charge in [0.15, 0.2) is 0 Å². The fraction of sp³-hybridized carbons (Fsp3) is 0.278. The molecule has 0 amide bonds. The van der Waals surface area contributed by atoms with Crippen molar-refractivity contribution >= 4 is 21.6 Å². The molecule has 0 fully saturated rings.